The monoisotopic (exact) mass is 274 g/mol. The molecule has 0 aliphatic rings. The summed E-state index contributed by atoms with van der Waals surface area (Å²) in [6, 6.07) is 5.52. The molecule has 0 unspecified atom stereocenters. The van der Waals surface area contributed by atoms with Crippen LogP contribution in [0.15, 0.2) is 41.8 Å². The summed E-state index contributed by atoms with van der Waals surface area (Å²) >= 11 is 1.33. The zero-order chi connectivity index (χ0) is 13.7. The Morgan fingerprint density at radius 1 is 1.42 bits per heavy atom. The number of nitrogen functional groups attached to an aromatic ring is 1. The van der Waals surface area contributed by atoms with Crippen molar-refractivity contribution in [3.05, 3.63) is 42.4 Å². The van der Waals surface area contributed by atoms with Crippen LogP contribution < -0.4 is 11.1 Å². The maximum absolute atomic E-state index is 11.9. The summed E-state index contributed by atoms with van der Waals surface area (Å²) in [7, 11) is 0. The van der Waals surface area contributed by atoms with E-state index >= 15 is 0 Å². The highest BCUT2D eigenvalue weighted by atomic mass is 32.2. The van der Waals surface area contributed by atoms with Gasteiger partial charge in [-0.15, -0.1) is 0 Å². The van der Waals surface area contributed by atoms with Gasteiger partial charge >= 0.3 is 0 Å². The average Bonchev–Trinajstić information content (AvgIpc) is 2.42. The summed E-state index contributed by atoms with van der Waals surface area (Å²) < 4.78 is 0. The molecule has 2 rings (SSSR count). The molecule has 1 aromatic heterocycles. The lowest BCUT2D eigenvalue weighted by Gasteiger charge is -2.10. The third kappa shape index (κ3) is 3.69. The molecule has 0 fully saturated rings. The Morgan fingerprint density at radius 2 is 2.26 bits per heavy atom. The molecule has 6 heteroatoms. The van der Waals surface area contributed by atoms with Crippen LogP contribution in [0.4, 0.5) is 11.4 Å². The number of carbonyl (C=O) groups is 1. The number of aromatic nitrogens is 2. The number of para-hydroxylation sites is 1. The highest BCUT2D eigenvalue weighted by Gasteiger charge is 2.08. The molecule has 98 valence electrons. The zero-order valence-corrected chi connectivity index (χ0v) is 11.3. The average molecular weight is 274 g/mol. The molecule has 3 N–H and O–H groups in total. The van der Waals surface area contributed by atoms with Gasteiger partial charge in [0.05, 0.1) is 23.3 Å². The molecule has 0 bridgehead atoms. The highest BCUT2D eigenvalue weighted by Crippen LogP contribution is 2.23. The summed E-state index contributed by atoms with van der Waals surface area (Å²) in [5.41, 5.74) is 8.02. The van der Waals surface area contributed by atoms with Crippen LogP contribution in [-0.2, 0) is 4.79 Å². The van der Waals surface area contributed by atoms with Gasteiger partial charge < -0.3 is 11.1 Å². The number of anilines is 2. The van der Waals surface area contributed by atoms with E-state index < -0.39 is 0 Å². The molecule has 0 spiro atoms. The van der Waals surface area contributed by atoms with Gasteiger partial charge in [-0.05, 0) is 18.6 Å². The molecular formula is C13H14N4OS. The number of thioether (sulfide) groups is 1. The van der Waals surface area contributed by atoms with Crippen molar-refractivity contribution in [1.29, 1.82) is 0 Å². The standard InChI is InChI=1S/C13H14N4OS/c1-9-3-2-4-10(14)13(9)17-11(18)8-19-12-7-15-5-6-16-12/h2-7H,8,14H2,1H3,(H,17,18). The summed E-state index contributed by atoms with van der Waals surface area (Å²) in [4.78, 5) is 19.9. The summed E-state index contributed by atoms with van der Waals surface area (Å²) in [6.45, 7) is 1.90. The van der Waals surface area contributed by atoms with Crippen LogP contribution in [-0.4, -0.2) is 21.6 Å². The number of carbonyl (C=O) groups excluding carboxylic acids is 1. The molecule has 0 aliphatic carbocycles. The quantitative estimate of drug-likeness (QED) is 0.659. The molecular weight excluding hydrogens is 260 g/mol. The van der Waals surface area contributed by atoms with Crippen molar-refractivity contribution in [2.24, 2.45) is 0 Å². The van der Waals surface area contributed by atoms with Crippen molar-refractivity contribution in [1.82, 2.24) is 9.97 Å². The van der Waals surface area contributed by atoms with Crippen molar-refractivity contribution in [3.63, 3.8) is 0 Å². The summed E-state index contributed by atoms with van der Waals surface area (Å²) in [5, 5.41) is 3.53. The molecule has 0 saturated carbocycles. The first-order chi connectivity index (χ1) is 9.16. The van der Waals surface area contributed by atoms with Crippen LogP contribution in [0.5, 0.6) is 0 Å². The molecule has 2 aromatic rings. The van der Waals surface area contributed by atoms with Crippen LogP contribution in [0.25, 0.3) is 0 Å². The molecule has 1 heterocycles. The molecule has 1 aromatic carbocycles. The molecule has 1 amide bonds. The number of rotatable bonds is 4. The molecule has 0 saturated heterocycles. The second-order valence-corrected chi connectivity index (χ2v) is 4.92. The van der Waals surface area contributed by atoms with Gasteiger partial charge in [0.15, 0.2) is 0 Å². The highest BCUT2D eigenvalue weighted by molar-refractivity contribution is 7.99. The van der Waals surface area contributed by atoms with Crippen LogP contribution in [0.2, 0.25) is 0 Å². The molecule has 0 aliphatic heterocycles. The van der Waals surface area contributed by atoms with E-state index in [1.165, 1.54) is 11.8 Å². The Hall–Kier alpha value is -2.08. The first kappa shape index (κ1) is 13.4. The minimum Gasteiger partial charge on any atom is -0.397 e. The summed E-state index contributed by atoms with van der Waals surface area (Å²) in [5.74, 6) is 0.156. The van der Waals surface area contributed by atoms with Crippen molar-refractivity contribution < 1.29 is 4.79 Å². The number of nitrogens with two attached hydrogens (primary N) is 1. The van der Waals surface area contributed by atoms with E-state index in [4.69, 9.17) is 5.73 Å². The smallest absolute Gasteiger partial charge is 0.234 e. The maximum Gasteiger partial charge on any atom is 0.234 e. The fourth-order valence-electron chi connectivity index (χ4n) is 1.54. The number of nitrogens with zero attached hydrogens (tertiary/aromatic N) is 2. The number of hydrogen-bond acceptors (Lipinski definition) is 5. The van der Waals surface area contributed by atoms with Gasteiger partial charge in [-0.25, -0.2) is 4.98 Å². The third-order valence-electron chi connectivity index (χ3n) is 2.46. The van der Waals surface area contributed by atoms with E-state index in [1.807, 2.05) is 19.1 Å². The zero-order valence-electron chi connectivity index (χ0n) is 10.5. The third-order valence-corrected chi connectivity index (χ3v) is 3.37. The molecule has 19 heavy (non-hydrogen) atoms. The van der Waals surface area contributed by atoms with Crippen LogP contribution in [0, 0.1) is 6.92 Å². The van der Waals surface area contributed by atoms with E-state index in [9.17, 15) is 4.79 Å². The molecule has 5 nitrogen and oxygen atoms in total. The van der Waals surface area contributed by atoms with Crippen LogP contribution in [0.1, 0.15) is 5.56 Å². The van der Waals surface area contributed by atoms with Gasteiger partial charge in [0.2, 0.25) is 5.91 Å². The van der Waals surface area contributed by atoms with Gasteiger partial charge in [0, 0.05) is 12.4 Å². The molecule has 0 radical (unpaired) electrons. The van der Waals surface area contributed by atoms with E-state index in [0.717, 1.165) is 10.6 Å². The fraction of sp³-hybridized carbons (Fsp3) is 0.154. The van der Waals surface area contributed by atoms with E-state index in [1.54, 1.807) is 24.7 Å². The van der Waals surface area contributed by atoms with E-state index in [0.29, 0.717) is 11.4 Å². The largest absolute Gasteiger partial charge is 0.397 e. The Labute approximate surface area is 115 Å². The minimum atomic E-state index is -0.114. The normalized spacial score (nSPS) is 10.2. The van der Waals surface area contributed by atoms with Crippen molar-refractivity contribution >= 4 is 29.0 Å². The van der Waals surface area contributed by atoms with Crippen molar-refractivity contribution in [3.8, 4) is 0 Å². The number of amides is 1. The molecule has 0 atom stereocenters. The van der Waals surface area contributed by atoms with Crippen molar-refractivity contribution in [2.75, 3.05) is 16.8 Å². The summed E-state index contributed by atoms with van der Waals surface area (Å²) in [6.07, 6.45) is 4.82. The van der Waals surface area contributed by atoms with Gasteiger partial charge in [-0.1, -0.05) is 23.9 Å². The van der Waals surface area contributed by atoms with Gasteiger partial charge in [0.25, 0.3) is 0 Å². The lowest BCUT2D eigenvalue weighted by Crippen LogP contribution is -2.16. The fourth-order valence-corrected chi connectivity index (χ4v) is 2.16. The second kappa shape index (κ2) is 6.19. The van der Waals surface area contributed by atoms with E-state index in [-0.39, 0.29) is 11.7 Å². The second-order valence-electron chi connectivity index (χ2n) is 3.92. The Bertz CT molecular complexity index is 554. The Balaban J connectivity index is 1.95. The Morgan fingerprint density at radius 3 is 2.95 bits per heavy atom. The topological polar surface area (TPSA) is 80.9 Å². The first-order valence-corrected chi connectivity index (χ1v) is 6.69. The van der Waals surface area contributed by atoms with E-state index in [2.05, 4.69) is 15.3 Å². The van der Waals surface area contributed by atoms with Gasteiger partial charge in [0.1, 0.15) is 5.03 Å². The lowest BCUT2D eigenvalue weighted by atomic mass is 10.1. The maximum atomic E-state index is 11.9. The Kier molecular flexibility index (Phi) is 4.35. The number of aryl methyl sites for hydroxylation is 1. The minimum absolute atomic E-state index is 0.114. The lowest BCUT2D eigenvalue weighted by molar-refractivity contribution is -0.113. The first-order valence-electron chi connectivity index (χ1n) is 5.70. The predicted octanol–water partition coefficient (Wildman–Crippen LogP) is 2.10. The van der Waals surface area contributed by atoms with Crippen LogP contribution >= 0.6 is 11.8 Å². The number of benzene rings is 1. The number of hydrogen-bond donors (Lipinski definition) is 2. The van der Waals surface area contributed by atoms with Gasteiger partial charge in [-0.2, -0.15) is 0 Å². The number of nitrogens with one attached hydrogen (secondary N) is 1. The van der Waals surface area contributed by atoms with Crippen LogP contribution in [0.3, 0.4) is 0 Å². The predicted molar refractivity (Wildman–Crippen MR) is 77.0 cm³/mol. The van der Waals surface area contributed by atoms with Crippen molar-refractivity contribution in [2.45, 2.75) is 11.9 Å². The van der Waals surface area contributed by atoms with Gasteiger partial charge in [-0.3, -0.25) is 9.78 Å². The SMILES string of the molecule is Cc1cccc(N)c1NC(=O)CSc1cnccn1.